The van der Waals surface area contributed by atoms with E-state index in [-0.39, 0.29) is 18.4 Å². The van der Waals surface area contributed by atoms with Crippen LogP contribution in [-0.2, 0) is 4.79 Å². The first kappa shape index (κ1) is 17.8. The van der Waals surface area contributed by atoms with Crippen molar-refractivity contribution >= 4 is 11.9 Å². The van der Waals surface area contributed by atoms with Crippen molar-refractivity contribution in [2.75, 3.05) is 27.3 Å². The van der Waals surface area contributed by atoms with Gasteiger partial charge >= 0.3 is 5.97 Å². The number of methoxy groups -OCH3 is 2. The van der Waals surface area contributed by atoms with Crippen LogP contribution in [0.4, 0.5) is 0 Å². The van der Waals surface area contributed by atoms with Gasteiger partial charge in [-0.25, -0.2) is 0 Å². The molecular weight excluding hydrogens is 334 g/mol. The zero-order valence-corrected chi connectivity index (χ0v) is 14.7. The van der Waals surface area contributed by atoms with E-state index in [0.717, 1.165) is 5.56 Å². The van der Waals surface area contributed by atoms with Crippen molar-refractivity contribution in [3.63, 3.8) is 0 Å². The first-order valence-corrected chi connectivity index (χ1v) is 8.34. The van der Waals surface area contributed by atoms with Crippen LogP contribution in [0.3, 0.4) is 0 Å². The van der Waals surface area contributed by atoms with E-state index in [4.69, 9.17) is 9.47 Å². The van der Waals surface area contributed by atoms with Gasteiger partial charge in [-0.1, -0.05) is 30.3 Å². The van der Waals surface area contributed by atoms with Gasteiger partial charge in [0.1, 0.15) is 11.5 Å². The second-order valence-corrected chi connectivity index (χ2v) is 6.24. The molecule has 0 saturated carbocycles. The number of carboxylic acid groups (broad SMARTS) is 1. The summed E-state index contributed by atoms with van der Waals surface area (Å²) >= 11 is 0. The van der Waals surface area contributed by atoms with Crippen LogP contribution >= 0.6 is 0 Å². The van der Waals surface area contributed by atoms with Crippen molar-refractivity contribution in [3.05, 3.63) is 59.7 Å². The summed E-state index contributed by atoms with van der Waals surface area (Å²) < 4.78 is 10.5. The third kappa shape index (κ3) is 3.35. The van der Waals surface area contributed by atoms with E-state index in [9.17, 15) is 14.7 Å². The maximum absolute atomic E-state index is 13.0. The molecule has 1 heterocycles. The minimum atomic E-state index is -0.893. The molecule has 1 aliphatic heterocycles. The Morgan fingerprint density at radius 1 is 1.04 bits per heavy atom. The van der Waals surface area contributed by atoms with Crippen LogP contribution in [0.5, 0.6) is 11.5 Å². The molecule has 1 fully saturated rings. The van der Waals surface area contributed by atoms with E-state index in [2.05, 4.69) is 0 Å². The summed E-state index contributed by atoms with van der Waals surface area (Å²) in [6.07, 6.45) is 0. The molecule has 0 spiro atoms. The van der Waals surface area contributed by atoms with E-state index >= 15 is 0 Å². The number of carbonyl (C=O) groups excluding carboxylic acids is 1. The van der Waals surface area contributed by atoms with E-state index in [1.165, 1.54) is 7.11 Å². The van der Waals surface area contributed by atoms with Gasteiger partial charge in [0.05, 0.1) is 25.7 Å². The number of hydrogen-bond acceptors (Lipinski definition) is 4. The fourth-order valence-corrected chi connectivity index (χ4v) is 3.40. The number of benzene rings is 2. The van der Waals surface area contributed by atoms with Crippen molar-refractivity contribution in [3.8, 4) is 11.5 Å². The smallest absolute Gasteiger partial charge is 0.308 e. The van der Waals surface area contributed by atoms with Gasteiger partial charge in [0.2, 0.25) is 0 Å². The van der Waals surface area contributed by atoms with E-state index in [0.29, 0.717) is 23.6 Å². The van der Waals surface area contributed by atoms with Crippen LogP contribution in [0.1, 0.15) is 21.8 Å². The molecule has 1 saturated heterocycles. The molecule has 2 atom stereocenters. The summed E-state index contributed by atoms with van der Waals surface area (Å²) in [6, 6.07) is 14.4. The van der Waals surface area contributed by atoms with E-state index in [1.807, 2.05) is 30.3 Å². The molecule has 1 aliphatic rings. The molecule has 1 N–H and O–H groups in total. The zero-order chi connectivity index (χ0) is 18.7. The SMILES string of the molecule is COc1ccc(C(=O)N2CC(C(=O)O)C(c3ccccc3)C2)c(OC)c1. The molecule has 2 aromatic rings. The number of ether oxygens (including phenoxy) is 2. The normalized spacial score (nSPS) is 19.2. The molecule has 6 heteroatoms. The minimum Gasteiger partial charge on any atom is -0.497 e. The monoisotopic (exact) mass is 355 g/mol. The highest BCUT2D eigenvalue weighted by atomic mass is 16.5. The average molecular weight is 355 g/mol. The van der Waals surface area contributed by atoms with Crippen molar-refractivity contribution < 1.29 is 24.2 Å². The highest BCUT2D eigenvalue weighted by Gasteiger charge is 2.41. The Labute approximate surface area is 152 Å². The third-order valence-electron chi connectivity index (χ3n) is 4.79. The number of likely N-dealkylation sites (tertiary alicyclic amines) is 1. The first-order valence-electron chi connectivity index (χ1n) is 8.34. The van der Waals surface area contributed by atoms with Gasteiger partial charge in [0.25, 0.3) is 5.91 Å². The minimum absolute atomic E-state index is 0.170. The van der Waals surface area contributed by atoms with E-state index in [1.54, 1.807) is 30.2 Å². The second-order valence-electron chi connectivity index (χ2n) is 6.24. The molecule has 26 heavy (non-hydrogen) atoms. The Balaban J connectivity index is 1.88. The summed E-state index contributed by atoms with van der Waals surface area (Å²) in [5.74, 6) is -1.01. The molecule has 0 aliphatic carbocycles. The predicted octanol–water partition coefficient (Wildman–Crippen LogP) is 2.64. The zero-order valence-electron chi connectivity index (χ0n) is 14.7. The number of nitrogens with zero attached hydrogens (tertiary/aromatic N) is 1. The molecule has 1 amide bonds. The van der Waals surface area contributed by atoms with Gasteiger partial charge in [0.15, 0.2) is 0 Å². The number of rotatable bonds is 5. The average Bonchev–Trinajstić information content (AvgIpc) is 3.13. The van der Waals surface area contributed by atoms with Crippen LogP contribution < -0.4 is 9.47 Å². The molecule has 136 valence electrons. The molecule has 2 unspecified atom stereocenters. The van der Waals surface area contributed by atoms with E-state index < -0.39 is 11.9 Å². The van der Waals surface area contributed by atoms with Gasteiger partial charge < -0.3 is 19.5 Å². The molecular formula is C20H21NO5. The lowest BCUT2D eigenvalue weighted by Gasteiger charge is -2.18. The maximum Gasteiger partial charge on any atom is 0.308 e. The summed E-state index contributed by atoms with van der Waals surface area (Å²) in [7, 11) is 3.03. The lowest BCUT2D eigenvalue weighted by Crippen LogP contribution is -2.30. The molecule has 0 bridgehead atoms. The Hall–Kier alpha value is -3.02. The Morgan fingerprint density at radius 3 is 2.38 bits per heavy atom. The van der Waals surface area contributed by atoms with Crippen molar-refractivity contribution in [2.45, 2.75) is 5.92 Å². The van der Waals surface area contributed by atoms with Gasteiger partial charge in [-0.05, 0) is 17.7 Å². The highest BCUT2D eigenvalue weighted by molar-refractivity contribution is 5.97. The molecule has 0 radical (unpaired) electrons. The van der Waals surface area contributed by atoms with Crippen LogP contribution in [0.2, 0.25) is 0 Å². The van der Waals surface area contributed by atoms with Crippen LogP contribution in [-0.4, -0.2) is 49.2 Å². The number of amides is 1. The van der Waals surface area contributed by atoms with Gasteiger partial charge in [-0.2, -0.15) is 0 Å². The fraction of sp³-hybridized carbons (Fsp3) is 0.300. The Bertz CT molecular complexity index is 805. The van der Waals surface area contributed by atoms with Crippen LogP contribution in [0.25, 0.3) is 0 Å². The summed E-state index contributed by atoms with van der Waals surface area (Å²) in [6.45, 7) is 0.526. The number of hydrogen-bond donors (Lipinski definition) is 1. The van der Waals surface area contributed by atoms with Crippen LogP contribution in [0, 0.1) is 5.92 Å². The molecule has 0 aromatic heterocycles. The summed E-state index contributed by atoms with van der Waals surface area (Å²) in [5, 5.41) is 9.60. The van der Waals surface area contributed by atoms with Crippen molar-refractivity contribution in [1.29, 1.82) is 0 Å². The summed E-state index contributed by atoms with van der Waals surface area (Å²) in [4.78, 5) is 26.3. The molecule has 3 rings (SSSR count). The Morgan fingerprint density at radius 2 is 1.77 bits per heavy atom. The maximum atomic E-state index is 13.0. The van der Waals surface area contributed by atoms with Gasteiger partial charge in [0, 0.05) is 25.1 Å². The topological polar surface area (TPSA) is 76.1 Å². The number of carboxylic acids is 1. The molecule has 6 nitrogen and oxygen atoms in total. The number of carbonyl (C=O) groups is 2. The number of aliphatic carboxylic acids is 1. The predicted molar refractivity (Wildman–Crippen MR) is 95.8 cm³/mol. The largest absolute Gasteiger partial charge is 0.497 e. The third-order valence-corrected chi connectivity index (χ3v) is 4.79. The van der Waals surface area contributed by atoms with Gasteiger partial charge in [-0.3, -0.25) is 9.59 Å². The fourth-order valence-electron chi connectivity index (χ4n) is 3.40. The van der Waals surface area contributed by atoms with Gasteiger partial charge in [-0.15, -0.1) is 0 Å². The quantitative estimate of drug-likeness (QED) is 0.892. The van der Waals surface area contributed by atoms with Crippen molar-refractivity contribution in [2.24, 2.45) is 5.92 Å². The standard InChI is InChI=1S/C20H21NO5/c1-25-14-8-9-15(18(10-14)26-2)19(22)21-11-16(17(12-21)20(23)24)13-6-4-3-5-7-13/h3-10,16-17H,11-12H2,1-2H3,(H,23,24). The molecule has 2 aromatic carbocycles. The van der Waals surface area contributed by atoms with Crippen LogP contribution in [0.15, 0.2) is 48.5 Å². The lowest BCUT2D eigenvalue weighted by molar-refractivity contribution is -0.141. The Kier molecular flexibility index (Phi) is 5.11. The first-order chi connectivity index (χ1) is 12.5. The lowest BCUT2D eigenvalue weighted by atomic mass is 9.89. The van der Waals surface area contributed by atoms with Crippen molar-refractivity contribution in [1.82, 2.24) is 4.90 Å². The summed E-state index contributed by atoms with van der Waals surface area (Å²) in [5.41, 5.74) is 1.32. The second kappa shape index (κ2) is 7.47. The highest BCUT2D eigenvalue weighted by Crippen LogP contribution is 2.35.